The third-order valence-electron chi connectivity index (χ3n) is 2.16. The smallest absolute Gasteiger partial charge is 0.236 e. The molecule has 0 atom stereocenters. The molecule has 1 heterocycles. The standard InChI is InChI=1S/C12H12ClN3O2S2/c1-18-6-11-15-16-12(20-11)14-10(17)7-19-9-4-2-8(13)3-5-9/h2-5H,6-7H2,1H3,(H,14,16,17). The van der Waals surface area contributed by atoms with Gasteiger partial charge in [-0.2, -0.15) is 0 Å². The summed E-state index contributed by atoms with van der Waals surface area (Å²) in [5.41, 5.74) is 0. The van der Waals surface area contributed by atoms with Crippen LogP contribution in [0.5, 0.6) is 0 Å². The fourth-order valence-electron chi connectivity index (χ4n) is 1.32. The van der Waals surface area contributed by atoms with Crippen LogP contribution in [0, 0.1) is 0 Å². The van der Waals surface area contributed by atoms with Crippen molar-refractivity contribution in [1.29, 1.82) is 0 Å². The van der Waals surface area contributed by atoms with Gasteiger partial charge < -0.3 is 4.74 Å². The largest absolute Gasteiger partial charge is 0.377 e. The van der Waals surface area contributed by atoms with E-state index in [1.54, 1.807) is 19.2 Å². The lowest BCUT2D eigenvalue weighted by molar-refractivity contribution is -0.113. The normalized spacial score (nSPS) is 10.5. The number of hydrogen-bond acceptors (Lipinski definition) is 6. The fourth-order valence-corrected chi connectivity index (χ4v) is 2.87. The lowest BCUT2D eigenvalue weighted by atomic mass is 10.4. The van der Waals surface area contributed by atoms with Crippen molar-refractivity contribution in [3.05, 3.63) is 34.3 Å². The first kappa shape index (κ1) is 15.2. The predicted octanol–water partition coefficient (Wildman–Crippen LogP) is 3.07. The number of benzene rings is 1. The van der Waals surface area contributed by atoms with Crippen LogP contribution in [-0.4, -0.2) is 29.0 Å². The molecule has 0 unspecified atom stereocenters. The number of rotatable bonds is 6. The van der Waals surface area contributed by atoms with Gasteiger partial charge in [0, 0.05) is 17.0 Å². The third-order valence-corrected chi connectivity index (χ3v) is 4.24. The SMILES string of the molecule is COCc1nnc(NC(=O)CSc2ccc(Cl)cc2)s1. The summed E-state index contributed by atoms with van der Waals surface area (Å²) >= 11 is 8.54. The van der Waals surface area contributed by atoms with Crippen molar-refractivity contribution in [1.82, 2.24) is 10.2 Å². The van der Waals surface area contributed by atoms with Gasteiger partial charge in [-0.1, -0.05) is 22.9 Å². The molecule has 8 heteroatoms. The highest BCUT2D eigenvalue weighted by Crippen LogP contribution is 2.21. The highest BCUT2D eigenvalue weighted by atomic mass is 35.5. The first-order chi connectivity index (χ1) is 9.67. The molecule has 0 aliphatic carbocycles. The Balaban J connectivity index is 1.81. The van der Waals surface area contributed by atoms with Gasteiger partial charge in [0.1, 0.15) is 11.6 Å². The van der Waals surface area contributed by atoms with Gasteiger partial charge in [-0.25, -0.2) is 0 Å². The van der Waals surface area contributed by atoms with Gasteiger partial charge in [0.05, 0.1) is 5.75 Å². The van der Waals surface area contributed by atoms with Gasteiger partial charge in [0.15, 0.2) is 0 Å². The van der Waals surface area contributed by atoms with Crippen molar-refractivity contribution < 1.29 is 9.53 Å². The number of carbonyl (C=O) groups excluding carboxylic acids is 1. The van der Waals surface area contributed by atoms with Crippen LogP contribution in [0.25, 0.3) is 0 Å². The predicted molar refractivity (Wildman–Crippen MR) is 81.4 cm³/mol. The molecule has 0 aliphatic heterocycles. The van der Waals surface area contributed by atoms with Crippen LogP contribution in [0.3, 0.4) is 0 Å². The Labute approximate surface area is 129 Å². The zero-order valence-electron chi connectivity index (χ0n) is 10.6. The van der Waals surface area contributed by atoms with Gasteiger partial charge in [-0.3, -0.25) is 10.1 Å². The van der Waals surface area contributed by atoms with E-state index in [0.29, 0.717) is 22.5 Å². The van der Waals surface area contributed by atoms with Crippen molar-refractivity contribution in [2.45, 2.75) is 11.5 Å². The summed E-state index contributed by atoms with van der Waals surface area (Å²) in [5, 5.41) is 12.4. The monoisotopic (exact) mass is 329 g/mol. The van der Waals surface area contributed by atoms with Crippen LogP contribution in [0.1, 0.15) is 5.01 Å². The Hall–Kier alpha value is -1.15. The Morgan fingerprint density at radius 3 is 2.85 bits per heavy atom. The van der Waals surface area contributed by atoms with E-state index in [0.717, 1.165) is 9.90 Å². The lowest BCUT2D eigenvalue weighted by Gasteiger charge is -2.01. The maximum atomic E-state index is 11.8. The van der Waals surface area contributed by atoms with Crippen LogP contribution in [0.4, 0.5) is 5.13 Å². The molecule has 1 amide bonds. The molecular formula is C12H12ClN3O2S2. The number of hydrogen-bond donors (Lipinski definition) is 1. The first-order valence-electron chi connectivity index (χ1n) is 5.67. The van der Waals surface area contributed by atoms with Gasteiger partial charge in [0.2, 0.25) is 11.0 Å². The van der Waals surface area contributed by atoms with E-state index in [2.05, 4.69) is 15.5 Å². The van der Waals surface area contributed by atoms with Crippen molar-refractivity contribution in [3.8, 4) is 0 Å². The van der Waals surface area contributed by atoms with Crippen LogP contribution in [0.2, 0.25) is 5.02 Å². The summed E-state index contributed by atoms with van der Waals surface area (Å²) in [6.45, 7) is 0.396. The van der Waals surface area contributed by atoms with E-state index in [-0.39, 0.29) is 5.91 Å². The topological polar surface area (TPSA) is 64.1 Å². The zero-order valence-corrected chi connectivity index (χ0v) is 13.0. The highest BCUT2D eigenvalue weighted by molar-refractivity contribution is 8.00. The minimum absolute atomic E-state index is 0.120. The molecule has 0 saturated heterocycles. The summed E-state index contributed by atoms with van der Waals surface area (Å²) in [6.07, 6.45) is 0. The average Bonchev–Trinajstić information content (AvgIpc) is 2.86. The fraction of sp³-hybridized carbons (Fsp3) is 0.250. The summed E-state index contributed by atoms with van der Waals surface area (Å²) in [4.78, 5) is 12.8. The Bertz CT molecular complexity index is 574. The molecule has 5 nitrogen and oxygen atoms in total. The summed E-state index contributed by atoms with van der Waals surface area (Å²) in [5.74, 6) is 0.186. The zero-order chi connectivity index (χ0) is 14.4. The first-order valence-corrected chi connectivity index (χ1v) is 7.85. The van der Waals surface area contributed by atoms with Crippen LogP contribution in [0.15, 0.2) is 29.2 Å². The minimum Gasteiger partial charge on any atom is -0.377 e. The second-order valence-electron chi connectivity index (χ2n) is 3.72. The molecule has 106 valence electrons. The third kappa shape index (κ3) is 4.75. The molecule has 1 aromatic heterocycles. The summed E-state index contributed by atoms with van der Waals surface area (Å²) < 4.78 is 4.94. The van der Waals surface area contributed by atoms with Crippen molar-refractivity contribution >= 4 is 45.7 Å². The lowest BCUT2D eigenvalue weighted by Crippen LogP contribution is -2.13. The number of nitrogens with zero attached hydrogens (tertiary/aromatic N) is 2. The number of methoxy groups -OCH3 is 1. The molecule has 2 rings (SSSR count). The van der Waals surface area contributed by atoms with E-state index in [1.165, 1.54) is 23.1 Å². The van der Waals surface area contributed by atoms with Gasteiger partial charge in [-0.15, -0.1) is 22.0 Å². The minimum atomic E-state index is -0.120. The number of carbonyl (C=O) groups is 1. The molecule has 1 aromatic carbocycles. The van der Waals surface area contributed by atoms with Gasteiger partial charge >= 0.3 is 0 Å². The molecule has 1 N–H and O–H groups in total. The second-order valence-corrected chi connectivity index (χ2v) is 6.27. The maximum absolute atomic E-state index is 11.8. The molecule has 0 spiro atoms. The van der Waals surface area contributed by atoms with Crippen LogP contribution < -0.4 is 5.32 Å². The average molecular weight is 330 g/mol. The van der Waals surface area contributed by atoms with E-state index in [4.69, 9.17) is 16.3 Å². The molecule has 20 heavy (non-hydrogen) atoms. The molecule has 0 saturated carbocycles. The second kappa shape index (κ2) is 7.58. The number of thioether (sulfide) groups is 1. The molecular weight excluding hydrogens is 318 g/mol. The molecule has 0 fully saturated rings. The maximum Gasteiger partial charge on any atom is 0.236 e. The number of aromatic nitrogens is 2. The van der Waals surface area contributed by atoms with Gasteiger partial charge in [0.25, 0.3) is 0 Å². The number of ether oxygens (including phenoxy) is 1. The van der Waals surface area contributed by atoms with Crippen LogP contribution >= 0.6 is 34.7 Å². The quantitative estimate of drug-likeness (QED) is 0.825. The van der Waals surface area contributed by atoms with E-state index in [1.807, 2.05) is 12.1 Å². The van der Waals surface area contributed by atoms with Crippen molar-refractivity contribution in [2.24, 2.45) is 0 Å². The van der Waals surface area contributed by atoms with Gasteiger partial charge in [-0.05, 0) is 24.3 Å². The Morgan fingerprint density at radius 2 is 2.15 bits per heavy atom. The molecule has 2 aromatic rings. The Kier molecular flexibility index (Phi) is 5.78. The van der Waals surface area contributed by atoms with Crippen molar-refractivity contribution in [3.63, 3.8) is 0 Å². The number of nitrogens with one attached hydrogen (secondary N) is 1. The van der Waals surface area contributed by atoms with E-state index < -0.39 is 0 Å². The molecule has 0 radical (unpaired) electrons. The van der Waals surface area contributed by atoms with Crippen molar-refractivity contribution in [2.75, 3.05) is 18.2 Å². The summed E-state index contributed by atoms with van der Waals surface area (Å²) in [6, 6.07) is 7.34. The van der Waals surface area contributed by atoms with E-state index in [9.17, 15) is 4.79 Å². The highest BCUT2D eigenvalue weighted by Gasteiger charge is 2.08. The Morgan fingerprint density at radius 1 is 1.40 bits per heavy atom. The molecule has 0 bridgehead atoms. The number of anilines is 1. The van der Waals surface area contributed by atoms with E-state index >= 15 is 0 Å². The molecule has 0 aliphatic rings. The number of amides is 1. The van der Waals surface area contributed by atoms with Crippen LogP contribution in [-0.2, 0) is 16.1 Å². The summed E-state index contributed by atoms with van der Waals surface area (Å²) in [7, 11) is 1.59. The number of halogens is 1.